The van der Waals surface area contributed by atoms with Gasteiger partial charge in [0.05, 0.1) is 13.2 Å². The summed E-state index contributed by atoms with van der Waals surface area (Å²) in [6.45, 7) is 0.934. The van der Waals surface area contributed by atoms with Crippen LogP contribution in [0.1, 0.15) is 6.42 Å². The molecule has 0 aromatic heterocycles. The zero-order chi connectivity index (χ0) is 8.97. The molecule has 0 aliphatic carbocycles. The first-order chi connectivity index (χ1) is 5.74. The lowest BCUT2D eigenvalue weighted by atomic mass is 10.2. The van der Waals surface area contributed by atoms with Gasteiger partial charge in [0, 0.05) is 6.42 Å². The molecule has 0 spiro atoms. The molecule has 0 aromatic rings. The standard InChI is InChI=1S/C8H11NO3/c1-2-3-7(9)8(10)12-6-4-11-5-6/h1,6-7H,3-5,9H2. The summed E-state index contributed by atoms with van der Waals surface area (Å²) in [5.74, 6) is 1.86. The maximum Gasteiger partial charge on any atom is 0.324 e. The topological polar surface area (TPSA) is 61.6 Å². The van der Waals surface area contributed by atoms with Crippen LogP contribution < -0.4 is 5.73 Å². The third kappa shape index (κ3) is 2.22. The van der Waals surface area contributed by atoms with E-state index in [-0.39, 0.29) is 12.5 Å². The van der Waals surface area contributed by atoms with Gasteiger partial charge >= 0.3 is 5.97 Å². The smallest absolute Gasteiger partial charge is 0.324 e. The summed E-state index contributed by atoms with van der Waals surface area (Å²) in [6.07, 6.45) is 5.07. The maximum atomic E-state index is 11.0. The molecule has 1 unspecified atom stereocenters. The Labute approximate surface area is 71.0 Å². The monoisotopic (exact) mass is 169 g/mol. The van der Waals surface area contributed by atoms with Crippen molar-refractivity contribution in [2.75, 3.05) is 13.2 Å². The van der Waals surface area contributed by atoms with E-state index < -0.39 is 12.0 Å². The van der Waals surface area contributed by atoms with Crippen LogP contribution in [0, 0.1) is 12.3 Å². The Morgan fingerprint density at radius 1 is 1.83 bits per heavy atom. The van der Waals surface area contributed by atoms with Gasteiger partial charge in [0.25, 0.3) is 0 Å². The first kappa shape index (κ1) is 9.04. The van der Waals surface area contributed by atoms with Gasteiger partial charge in [-0.05, 0) is 0 Å². The van der Waals surface area contributed by atoms with E-state index >= 15 is 0 Å². The van der Waals surface area contributed by atoms with Crippen LogP contribution in [0.25, 0.3) is 0 Å². The molecule has 1 aliphatic rings. The normalized spacial score (nSPS) is 19.0. The summed E-state index contributed by atoms with van der Waals surface area (Å²) >= 11 is 0. The predicted octanol–water partition coefficient (Wildman–Crippen LogP) is -0.721. The molecule has 1 aliphatic heterocycles. The van der Waals surface area contributed by atoms with Crippen molar-refractivity contribution in [3.05, 3.63) is 0 Å². The Morgan fingerprint density at radius 3 is 2.92 bits per heavy atom. The minimum absolute atomic E-state index is 0.124. The van der Waals surface area contributed by atoms with Crippen LogP contribution >= 0.6 is 0 Å². The Balaban J connectivity index is 2.22. The lowest BCUT2D eigenvalue weighted by Crippen LogP contribution is -2.42. The number of terminal acetylenes is 1. The first-order valence-corrected chi connectivity index (χ1v) is 3.71. The van der Waals surface area contributed by atoms with E-state index in [1.165, 1.54) is 0 Å². The van der Waals surface area contributed by atoms with E-state index in [4.69, 9.17) is 21.6 Å². The van der Waals surface area contributed by atoms with Crippen molar-refractivity contribution in [3.8, 4) is 12.3 Å². The van der Waals surface area contributed by atoms with Crippen LogP contribution in [0.4, 0.5) is 0 Å². The van der Waals surface area contributed by atoms with Crippen molar-refractivity contribution in [2.24, 2.45) is 5.73 Å². The molecule has 1 saturated heterocycles. The van der Waals surface area contributed by atoms with Crippen molar-refractivity contribution < 1.29 is 14.3 Å². The second-order valence-electron chi connectivity index (χ2n) is 2.61. The molecule has 0 amide bonds. The molecule has 4 heteroatoms. The van der Waals surface area contributed by atoms with E-state index in [1.807, 2.05) is 0 Å². The SMILES string of the molecule is C#CCC(N)C(=O)OC1COC1. The van der Waals surface area contributed by atoms with Crippen LogP contribution in [0.2, 0.25) is 0 Å². The van der Waals surface area contributed by atoms with E-state index in [0.717, 1.165) is 0 Å². The number of hydrogen-bond acceptors (Lipinski definition) is 4. The van der Waals surface area contributed by atoms with Crippen LogP contribution in [0.15, 0.2) is 0 Å². The van der Waals surface area contributed by atoms with Gasteiger partial charge in [-0.3, -0.25) is 4.79 Å². The summed E-state index contributed by atoms with van der Waals surface area (Å²) < 4.78 is 9.73. The Hall–Kier alpha value is -1.05. The largest absolute Gasteiger partial charge is 0.456 e. The maximum absolute atomic E-state index is 11.0. The first-order valence-electron chi connectivity index (χ1n) is 3.71. The predicted molar refractivity (Wildman–Crippen MR) is 42.1 cm³/mol. The third-order valence-corrected chi connectivity index (χ3v) is 1.53. The Bertz CT molecular complexity index is 205. The second kappa shape index (κ2) is 4.10. The summed E-state index contributed by atoms with van der Waals surface area (Å²) in [7, 11) is 0. The van der Waals surface area contributed by atoms with Gasteiger partial charge in [-0.1, -0.05) is 0 Å². The molecule has 1 heterocycles. The zero-order valence-corrected chi connectivity index (χ0v) is 6.66. The lowest BCUT2D eigenvalue weighted by molar-refractivity contribution is -0.173. The lowest BCUT2D eigenvalue weighted by Gasteiger charge is -2.26. The molecule has 1 rings (SSSR count). The highest BCUT2D eigenvalue weighted by Gasteiger charge is 2.25. The molecular weight excluding hydrogens is 158 g/mol. The number of carbonyl (C=O) groups is 1. The fourth-order valence-electron chi connectivity index (χ4n) is 0.744. The quantitative estimate of drug-likeness (QED) is 0.447. The number of nitrogens with two attached hydrogens (primary N) is 1. The van der Waals surface area contributed by atoms with Crippen molar-refractivity contribution in [2.45, 2.75) is 18.6 Å². The molecule has 0 bridgehead atoms. The van der Waals surface area contributed by atoms with E-state index in [0.29, 0.717) is 13.2 Å². The minimum atomic E-state index is -0.699. The minimum Gasteiger partial charge on any atom is -0.456 e. The second-order valence-corrected chi connectivity index (χ2v) is 2.61. The van der Waals surface area contributed by atoms with Crippen molar-refractivity contribution in [3.63, 3.8) is 0 Å². The van der Waals surface area contributed by atoms with E-state index in [9.17, 15) is 4.79 Å². The highest BCUT2D eigenvalue weighted by molar-refractivity contribution is 5.76. The molecule has 4 nitrogen and oxygen atoms in total. The highest BCUT2D eigenvalue weighted by Crippen LogP contribution is 2.06. The molecule has 12 heavy (non-hydrogen) atoms. The van der Waals surface area contributed by atoms with Crippen LogP contribution in [-0.4, -0.2) is 31.3 Å². The van der Waals surface area contributed by atoms with Crippen LogP contribution in [0.5, 0.6) is 0 Å². The third-order valence-electron chi connectivity index (χ3n) is 1.53. The Kier molecular flexibility index (Phi) is 3.09. The summed E-state index contributed by atoms with van der Waals surface area (Å²) in [4.78, 5) is 11.0. The van der Waals surface area contributed by atoms with Gasteiger partial charge in [0.2, 0.25) is 0 Å². The molecule has 0 aromatic carbocycles. The number of esters is 1. The van der Waals surface area contributed by atoms with Gasteiger partial charge < -0.3 is 15.2 Å². The molecule has 1 fully saturated rings. The van der Waals surface area contributed by atoms with Crippen LogP contribution in [-0.2, 0) is 14.3 Å². The summed E-state index contributed by atoms with van der Waals surface area (Å²) in [5.41, 5.74) is 5.40. The van der Waals surface area contributed by atoms with Gasteiger partial charge in [-0.15, -0.1) is 12.3 Å². The van der Waals surface area contributed by atoms with Gasteiger partial charge in [0.1, 0.15) is 12.1 Å². The number of carbonyl (C=O) groups excluding carboxylic acids is 1. The van der Waals surface area contributed by atoms with E-state index in [1.54, 1.807) is 0 Å². The average Bonchev–Trinajstić information content (AvgIpc) is 1.97. The Morgan fingerprint density at radius 2 is 2.50 bits per heavy atom. The average molecular weight is 169 g/mol. The molecular formula is C8H11NO3. The highest BCUT2D eigenvalue weighted by atomic mass is 16.6. The fourth-order valence-corrected chi connectivity index (χ4v) is 0.744. The van der Waals surface area contributed by atoms with Gasteiger partial charge in [-0.2, -0.15) is 0 Å². The van der Waals surface area contributed by atoms with E-state index in [2.05, 4.69) is 5.92 Å². The molecule has 1 atom stereocenters. The van der Waals surface area contributed by atoms with Gasteiger partial charge in [0.15, 0.2) is 0 Å². The summed E-state index contributed by atoms with van der Waals surface area (Å²) in [6, 6.07) is -0.699. The molecule has 0 radical (unpaired) electrons. The van der Waals surface area contributed by atoms with Crippen LogP contribution in [0.3, 0.4) is 0 Å². The van der Waals surface area contributed by atoms with Crippen molar-refractivity contribution in [1.29, 1.82) is 0 Å². The zero-order valence-electron chi connectivity index (χ0n) is 6.66. The van der Waals surface area contributed by atoms with Gasteiger partial charge in [-0.25, -0.2) is 0 Å². The molecule has 2 N–H and O–H groups in total. The number of ether oxygens (including phenoxy) is 2. The number of rotatable bonds is 3. The van der Waals surface area contributed by atoms with Crippen molar-refractivity contribution >= 4 is 5.97 Å². The number of hydrogen-bond donors (Lipinski definition) is 1. The summed E-state index contributed by atoms with van der Waals surface area (Å²) in [5, 5.41) is 0. The molecule has 0 saturated carbocycles. The fraction of sp³-hybridized carbons (Fsp3) is 0.625. The van der Waals surface area contributed by atoms with Crippen molar-refractivity contribution in [1.82, 2.24) is 0 Å². The molecule has 66 valence electrons.